The zero-order chi connectivity index (χ0) is 17.8. The van der Waals surface area contributed by atoms with Gasteiger partial charge in [0.2, 0.25) is 5.91 Å². The first kappa shape index (κ1) is 17.5. The number of aliphatic hydroxyl groups excluding tert-OH is 1. The second-order valence-corrected chi connectivity index (χ2v) is 6.36. The number of benzene rings is 1. The number of halogens is 1. The molecular weight excluding hydrogens is 327 g/mol. The normalized spacial score (nSPS) is 22.2. The van der Waals surface area contributed by atoms with Crippen molar-refractivity contribution in [1.29, 1.82) is 0 Å². The lowest BCUT2D eigenvalue weighted by Gasteiger charge is -2.23. The highest BCUT2D eigenvalue weighted by molar-refractivity contribution is 6.39. The molecule has 0 bridgehead atoms. The molecule has 0 saturated carbocycles. The summed E-state index contributed by atoms with van der Waals surface area (Å²) < 4.78 is 13.0. The molecule has 0 radical (unpaired) electrons. The Bertz CT molecular complexity index is 677. The van der Waals surface area contributed by atoms with Gasteiger partial charge in [0.1, 0.15) is 11.5 Å². The molecule has 7 nitrogen and oxygen atoms in total. The van der Waals surface area contributed by atoms with Gasteiger partial charge in [-0.1, -0.05) is 12.1 Å². The smallest absolute Gasteiger partial charge is 0.270 e. The topological polar surface area (TPSA) is 85.2 Å². The van der Waals surface area contributed by atoms with Gasteiger partial charge < -0.3 is 10.0 Å². The minimum absolute atomic E-state index is 0.196. The fourth-order valence-corrected chi connectivity index (χ4v) is 3.04. The van der Waals surface area contributed by atoms with Gasteiger partial charge >= 0.3 is 0 Å². The van der Waals surface area contributed by atoms with Crippen LogP contribution in [0.4, 0.5) is 4.39 Å². The number of carbonyl (C=O) groups excluding carboxylic acids is 2. The van der Waals surface area contributed by atoms with Crippen molar-refractivity contribution in [3.8, 4) is 0 Å². The molecule has 1 atom stereocenters. The van der Waals surface area contributed by atoms with Crippen molar-refractivity contribution in [3.05, 3.63) is 35.6 Å². The van der Waals surface area contributed by atoms with Gasteiger partial charge in [-0.05, 0) is 17.7 Å². The van der Waals surface area contributed by atoms with E-state index < -0.39 is 6.10 Å². The molecule has 2 aliphatic heterocycles. The Balaban J connectivity index is 1.61. The van der Waals surface area contributed by atoms with Crippen molar-refractivity contribution < 1.29 is 19.1 Å². The number of nitrogens with zero attached hydrogens (tertiary/aromatic N) is 3. The Morgan fingerprint density at radius 2 is 2.00 bits per heavy atom. The summed E-state index contributed by atoms with van der Waals surface area (Å²) in [5.41, 5.74) is 3.59. The van der Waals surface area contributed by atoms with E-state index in [2.05, 4.69) is 10.5 Å². The predicted octanol–water partition coefficient (Wildman–Crippen LogP) is 0.0968. The number of hydrogen-bond acceptors (Lipinski definition) is 5. The SMILES string of the molecule is O=C1CCC(C(=O)N2CCN(Cc3ccc(F)cc3)CC(O)C2)=NN1. The van der Waals surface area contributed by atoms with Crippen LogP contribution in [-0.2, 0) is 16.1 Å². The highest BCUT2D eigenvalue weighted by Crippen LogP contribution is 2.12. The summed E-state index contributed by atoms with van der Waals surface area (Å²) in [6.07, 6.45) is -0.112. The Kier molecular flexibility index (Phi) is 5.40. The lowest BCUT2D eigenvalue weighted by molar-refractivity contribution is -0.125. The summed E-state index contributed by atoms with van der Waals surface area (Å²) in [6, 6.07) is 6.26. The highest BCUT2D eigenvalue weighted by atomic mass is 19.1. The van der Waals surface area contributed by atoms with Crippen LogP contribution >= 0.6 is 0 Å². The van der Waals surface area contributed by atoms with E-state index in [0.29, 0.717) is 38.3 Å². The molecule has 1 unspecified atom stereocenters. The van der Waals surface area contributed by atoms with Crippen LogP contribution in [0, 0.1) is 5.82 Å². The van der Waals surface area contributed by atoms with E-state index in [-0.39, 0.29) is 30.6 Å². The zero-order valence-electron chi connectivity index (χ0n) is 13.8. The third kappa shape index (κ3) is 4.61. The summed E-state index contributed by atoms with van der Waals surface area (Å²) in [7, 11) is 0. The minimum Gasteiger partial charge on any atom is -0.390 e. The average Bonchev–Trinajstić information content (AvgIpc) is 2.78. The van der Waals surface area contributed by atoms with E-state index >= 15 is 0 Å². The quantitative estimate of drug-likeness (QED) is 0.811. The zero-order valence-corrected chi connectivity index (χ0v) is 13.8. The molecule has 1 fully saturated rings. The van der Waals surface area contributed by atoms with E-state index in [0.717, 1.165) is 5.56 Å². The Labute approximate surface area is 145 Å². The molecule has 134 valence electrons. The van der Waals surface area contributed by atoms with E-state index in [4.69, 9.17) is 0 Å². The van der Waals surface area contributed by atoms with Gasteiger partial charge in [0, 0.05) is 45.6 Å². The third-order valence-electron chi connectivity index (χ3n) is 4.34. The number of rotatable bonds is 3. The average molecular weight is 348 g/mol. The van der Waals surface area contributed by atoms with E-state index in [1.807, 2.05) is 4.90 Å². The van der Waals surface area contributed by atoms with E-state index in [1.165, 1.54) is 12.1 Å². The van der Waals surface area contributed by atoms with Crippen molar-refractivity contribution >= 4 is 17.5 Å². The van der Waals surface area contributed by atoms with Crippen molar-refractivity contribution in [3.63, 3.8) is 0 Å². The molecule has 0 aromatic heterocycles. The van der Waals surface area contributed by atoms with Crippen molar-refractivity contribution in [2.24, 2.45) is 5.10 Å². The van der Waals surface area contributed by atoms with Gasteiger partial charge in [-0.15, -0.1) is 0 Å². The third-order valence-corrected chi connectivity index (χ3v) is 4.34. The first-order chi connectivity index (χ1) is 12.0. The molecule has 1 aromatic rings. The molecule has 2 N–H and O–H groups in total. The number of amides is 2. The van der Waals surface area contributed by atoms with Crippen LogP contribution in [0.3, 0.4) is 0 Å². The largest absolute Gasteiger partial charge is 0.390 e. The highest BCUT2D eigenvalue weighted by Gasteiger charge is 2.28. The number of nitrogens with one attached hydrogen (secondary N) is 1. The fourth-order valence-electron chi connectivity index (χ4n) is 3.04. The van der Waals surface area contributed by atoms with Gasteiger partial charge in [0.05, 0.1) is 6.10 Å². The molecular formula is C17H21FN4O3. The first-order valence-corrected chi connectivity index (χ1v) is 8.31. The molecule has 1 aromatic carbocycles. The van der Waals surface area contributed by atoms with E-state index in [1.54, 1.807) is 17.0 Å². The van der Waals surface area contributed by atoms with Crippen LogP contribution in [0.2, 0.25) is 0 Å². The van der Waals surface area contributed by atoms with Gasteiger partial charge in [-0.2, -0.15) is 5.10 Å². The monoisotopic (exact) mass is 348 g/mol. The van der Waals surface area contributed by atoms with Gasteiger partial charge in [-0.3, -0.25) is 14.5 Å². The number of β-amino-alcohol motifs (C(OH)–C–C–N with tert-alkyl or cyclic N) is 1. The van der Waals surface area contributed by atoms with Crippen molar-refractivity contribution in [2.45, 2.75) is 25.5 Å². The number of hydrogen-bond donors (Lipinski definition) is 2. The lowest BCUT2D eigenvalue weighted by atomic mass is 10.1. The summed E-state index contributed by atoms with van der Waals surface area (Å²) in [5.74, 6) is -0.725. The molecule has 1 saturated heterocycles. The predicted molar refractivity (Wildman–Crippen MR) is 89.1 cm³/mol. The molecule has 25 heavy (non-hydrogen) atoms. The molecule has 3 rings (SSSR count). The lowest BCUT2D eigenvalue weighted by Crippen LogP contribution is -2.43. The van der Waals surface area contributed by atoms with Crippen LogP contribution in [0.5, 0.6) is 0 Å². The molecule has 0 aliphatic carbocycles. The maximum absolute atomic E-state index is 13.0. The maximum Gasteiger partial charge on any atom is 0.270 e. The second kappa shape index (κ2) is 7.71. The summed E-state index contributed by atoms with van der Waals surface area (Å²) in [4.78, 5) is 27.3. The second-order valence-electron chi connectivity index (χ2n) is 6.36. The molecule has 2 amide bonds. The molecule has 8 heteroatoms. The maximum atomic E-state index is 13.0. The van der Waals surface area contributed by atoms with Crippen LogP contribution in [0.1, 0.15) is 18.4 Å². The molecule has 2 aliphatic rings. The van der Waals surface area contributed by atoms with Crippen LogP contribution < -0.4 is 5.43 Å². The van der Waals surface area contributed by atoms with Gasteiger partial charge in [-0.25, -0.2) is 9.82 Å². The van der Waals surface area contributed by atoms with E-state index in [9.17, 15) is 19.1 Å². The summed E-state index contributed by atoms with van der Waals surface area (Å²) >= 11 is 0. The van der Waals surface area contributed by atoms with Crippen LogP contribution in [0.15, 0.2) is 29.4 Å². The molecule has 2 heterocycles. The number of carbonyl (C=O) groups is 2. The summed E-state index contributed by atoms with van der Waals surface area (Å²) in [5, 5.41) is 14.1. The standard InChI is InChI=1S/C17H21FN4O3/c18-13-3-1-12(2-4-13)9-21-7-8-22(11-14(23)10-21)17(25)15-5-6-16(24)20-19-15/h1-4,14,23H,5-11H2,(H,20,24). The first-order valence-electron chi connectivity index (χ1n) is 8.31. The Morgan fingerprint density at radius 3 is 2.68 bits per heavy atom. The Hall–Kier alpha value is -2.32. The van der Waals surface area contributed by atoms with Crippen LogP contribution in [0.25, 0.3) is 0 Å². The number of hydrazone groups is 1. The minimum atomic E-state index is -0.675. The van der Waals surface area contributed by atoms with Crippen molar-refractivity contribution in [2.75, 3.05) is 26.2 Å². The molecule has 0 spiro atoms. The van der Waals surface area contributed by atoms with Gasteiger partial charge in [0.15, 0.2) is 0 Å². The fraction of sp³-hybridized carbons (Fsp3) is 0.471. The van der Waals surface area contributed by atoms with Crippen molar-refractivity contribution in [1.82, 2.24) is 15.2 Å². The van der Waals surface area contributed by atoms with Crippen LogP contribution in [-0.4, -0.2) is 64.7 Å². The van der Waals surface area contributed by atoms with Gasteiger partial charge in [0.25, 0.3) is 5.91 Å². The summed E-state index contributed by atoms with van der Waals surface area (Å²) in [6.45, 7) is 2.30. The number of aliphatic hydroxyl groups is 1. The Morgan fingerprint density at radius 1 is 1.24 bits per heavy atom.